The normalized spacial score (nSPS) is 11.2. The zero-order valence-corrected chi connectivity index (χ0v) is 16.4. The van der Waals surface area contributed by atoms with Gasteiger partial charge in [-0.15, -0.1) is 0 Å². The number of nitrogens with zero attached hydrogens (tertiary/aromatic N) is 1. The van der Waals surface area contributed by atoms with Crippen molar-refractivity contribution in [1.29, 1.82) is 0 Å². The molecule has 0 amide bonds. The molecule has 24 heavy (non-hydrogen) atoms. The van der Waals surface area contributed by atoms with Gasteiger partial charge in [0, 0.05) is 19.3 Å². The summed E-state index contributed by atoms with van der Waals surface area (Å²) < 4.78 is 0. The first kappa shape index (κ1) is 18.5. The second kappa shape index (κ2) is 7.35. The average Bonchev–Trinajstić information content (AvgIpc) is 2.50. The number of thiocarbonyl (C=S) groups is 1. The Morgan fingerprint density at radius 2 is 1.62 bits per heavy atom. The highest BCUT2D eigenvalue weighted by molar-refractivity contribution is 7.80. The third-order valence-electron chi connectivity index (χ3n) is 4.34. The molecular formula is C21H28N2S. The molecule has 128 valence electrons. The molecule has 2 rings (SSSR count). The van der Waals surface area contributed by atoms with Crippen LogP contribution in [0.4, 0.5) is 5.69 Å². The first-order chi connectivity index (χ1) is 11.2. The van der Waals surface area contributed by atoms with Crippen LogP contribution >= 0.6 is 12.2 Å². The second-order valence-electron chi connectivity index (χ2n) is 7.53. The standard InChI is InChI=1S/C21H28N2S/c1-15-7-12-19(13-16(15)2)22-20(24)23(6)14-17-8-10-18(11-9-17)21(3,4)5/h7-13H,14H2,1-6H3,(H,22,24). The van der Waals surface area contributed by atoms with Crippen molar-refractivity contribution in [1.82, 2.24) is 4.90 Å². The Bertz CT molecular complexity index is 712. The van der Waals surface area contributed by atoms with E-state index in [4.69, 9.17) is 12.2 Å². The smallest absolute Gasteiger partial charge is 0.173 e. The first-order valence-electron chi connectivity index (χ1n) is 8.35. The Kier molecular flexibility index (Phi) is 5.66. The summed E-state index contributed by atoms with van der Waals surface area (Å²) in [5.41, 5.74) is 6.39. The molecule has 1 N–H and O–H groups in total. The van der Waals surface area contributed by atoms with Crippen LogP contribution in [0.15, 0.2) is 42.5 Å². The van der Waals surface area contributed by atoms with E-state index in [0.29, 0.717) is 0 Å². The number of rotatable bonds is 3. The van der Waals surface area contributed by atoms with Gasteiger partial charge in [-0.3, -0.25) is 0 Å². The first-order valence-corrected chi connectivity index (χ1v) is 8.76. The van der Waals surface area contributed by atoms with Crippen molar-refractivity contribution >= 4 is 23.0 Å². The summed E-state index contributed by atoms with van der Waals surface area (Å²) >= 11 is 5.53. The van der Waals surface area contributed by atoms with Gasteiger partial charge in [-0.2, -0.15) is 0 Å². The molecule has 0 radical (unpaired) electrons. The molecule has 0 aliphatic rings. The van der Waals surface area contributed by atoms with Crippen LogP contribution in [0.1, 0.15) is 43.0 Å². The van der Waals surface area contributed by atoms with Gasteiger partial charge in [0.15, 0.2) is 5.11 Å². The Balaban J connectivity index is 1.99. The molecule has 0 unspecified atom stereocenters. The van der Waals surface area contributed by atoms with E-state index in [1.54, 1.807) is 0 Å². The lowest BCUT2D eigenvalue weighted by Gasteiger charge is -2.23. The maximum absolute atomic E-state index is 5.53. The van der Waals surface area contributed by atoms with Gasteiger partial charge >= 0.3 is 0 Å². The maximum atomic E-state index is 5.53. The molecule has 3 heteroatoms. The highest BCUT2D eigenvalue weighted by atomic mass is 32.1. The summed E-state index contributed by atoms with van der Waals surface area (Å²) in [5.74, 6) is 0. The average molecular weight is 341 g/mol. The van der Waals surface area contributed by atoms with Crippen molar-refractivity contribution in [3.63, 3.8) is 0 Å². The molecule has 0 saturated carbocycles. The molecule has 2 aromatic rings. The predicted molar refractivity (Wildman–Crippen MR) is 109 cm³/mol. The molecule has 0 fully saturated rings. The van der Waals surface area contributed by atoms with E-state index in [1.807, 2.05) is 7.05 Å². The molecule has 0 atom stereocenters. The van der Waals surface area contributed by atoms with Crippen LogP contribution in [-0.4, -0.2) is 17.1 Å². The van der Waals surface area contributed by atoms with E-state index in [2.05, 4.69) is 87.3 Å². The third-order valence-corrected chi connectivity index (χ3v) is 4.76. The lowest BCUT2D eigenvalue weighted by molar-refractivity contribution is 0.508. The third kappa shape index (κ3) is 4.81. The van der Waals surface area contributed by atoms with Crippen LogP contribution in [0, 0.1) is 13.8 Å². The number of hydrogen-bond donors (Lipinski definition) is 1. The van der Waals surface area contributed by atoms with E-state index < -0.39 is 0 Å². The van der Waals surface area contributed by atoms with Gasteiger partial charge in [0.1, 0.15) is 0 Å². The highest BCUT2D eigenvalue weighted by Gasteiger charge is 2.13. The van der Waals surface area contributed by atoms with Crippen molar-refractivity contribution in [2.24, 2.45) is 0 Å². The minimum atomic E-state index is 0.185. The molecule has 0 aromatic heterocycles. The summed E-state index contributed by atoms with van der Waals surface area (Å²) in [5, 5.41) is 4.06. The van der Waals surface area contributed by atoms with E-state index in [1.165, 1.54) is 22.3 Å². The van der Waals surface area contributed by atoms with Crippen LogP contribution in [0.3, 0.4) is 0 Å². The van der Waals surface area contributed by atoms with E-state index in [0.717, 1.165) is 17.3 Å². The van der Waals surface area contributed by atoms with Gasteiger partial charge in [-0.25, -0.2) is 0 Å². The zero-order valence-electron chi connectivity index (χ0n) is 15.6. The fourth-order valence-corrected chi connectivity index (χ4v) is 2.68. The number of nitrogens with one attached hydrogen (secondary N) is 1. The van der Waals surface area contributed by atoms with Gasteiger partial charge in [-0.05, 0) is 65.9 Å². The van der Waals surface area contributed by atoms with Crippen molar-refractivity contribution in [2.45, 2.75) is 46.6 Å². The van der Waals surface area contributed by atoms with Crippen LogP contribution in [-0.2, 0) is 12.0 Å². The summed E-state index contributed by atoms with van der Waals surface area (Å²) in [7, 11) is 2.02. The van der Waals surface area contributed by atoms with Gasteiger partial charge in [0.2, 0.25) is 0 Å². The quantitative estimate of drug-likeness (QED) is 0.750. The molecule has 2 nitrogen and oxygen atoms in total. The summed E-state index contributed by atoms with van der Waals surface area (Å²) in [6.07, 6.45) is 0. The SMILES string of the molecule is Cc1ccc(NC(=S)N(C)Cc2ccc(C(C)(C)C)cc2)cc1C. The largest absolute Gasteiger partial charge is 0.348 e. The van der Waals surface area contributed by atoms with E-state index >= 15 is 0 Å². The Labute approximate surface area is 151 Å². The molecule has 0 aliphatic carbocycles. The summed E-state index contributed by atoms with van der Waals surface area (Å²) in [4.78, 5) is 2.07. The molecule has 0 bridgehead atoms. The topological polar surface area (TPSA) is 15.3 Å². The monoisotopic (exact) mass is 340 g/mol. The molecule has 2 aromatic carbocycles. The number of hydrogen-bond acceptors (Lipinski definition) is 1. The van der Waals surface area contributed by atoms with Gasteiger partial charge in [0.25, 0.3) is 0 Å². The van der Waals surface area contributed by atoms with Gasteiger partial charge < -0.3 is 10.2 Å². The summed E-state index contributed by atoms with van der Waals surface area (Å²) in [6.45, 7) is 11.7. The van der Waals surface area contributed by atoms with Crippen molar-refractivity contribution in [2.75, 3.05) is 12.4 Å². The minimum Gasteiger partial charge on any atom is -0.348 e. The Morgan fingerprint density at radius 1 is 1.00 bits per heavy atom. The van der Waals surface area contributed by atoms with Crippen molar-refractivity contribution in [3.05, 3.63) is 64.7 Å². The lowest BCUT2D eigenvalue weighted by Crippen LogP contribution is -2.30. The Hall–Kier alpha value is -1.87. The lowest BCUT2D eigenvalue weighted by atomic mass is 9.87. The van der Waals surface area contributed by atoms with E-state index in [-0.39, 0.29) is 5.41 Å². The molecule has 0 spiro atoms. The number of aryl methyl sites for hydroxylation is 2. The molecular weight excluding hydrogens is 312 g/mol. The zero-order chi connectivity index (χ0) is 17.9. The van der Waals surface area contributed by atoms with Crippen molar-refractivity contribution < 1.29 is 0 Å². The van der Waals surface area contributed by atoms with Crippen LogP contribution in [0.5, 0.6) is 0 Å². The minimum absolute atomic E-state index is 0.185. The fraction of sp³-hybridized carbons (Fsp3) is 0.381. The van der Waals surface area contributed by atoms with Crippen LogP contribution in [0.2, 0.25) is 0 Å². The Morgan fingerprint density at radius 3 is 2.17 bits per heavy atom. The molecule has 0 aliphatic heterocycles. The summed E-state index contributed by atoms with van der Waals surface area (Å²) in [6, 6.07) is 15.1. The van der Waals surface area contributed by atoms with Crippen molar-refractivity contribution in [3.8, 4) is 0 Å². The fourth-order valence-electron chi connectivity index (χ4n) is 2.49. The van der Waals surface area contributed by atoms with Gasteiger partial charge in [-0.1, -0.05) is 51.1 Å². The number of anilines is 1. The van der Waals surface area contributed by atoms with E-state index in [9.17, 15) is 0 Å². The van der Waals surface area contributed by atoms with Gasteiger partial charge in [0.05, 0.1) is 0 Å². The van der Waals surface area contributed by atoms with Crippen LogP contribution in [0.25, 0.3) is 0 Å². The van der Waals surface area contributed by atoms with Crippen LogP contribution < -0.4 is 5.32 Å². The molecule has 0 heterocycles. The number of benzene rings is 2. The maximum Gasteiger partial charge on any atom is 0.173 e. The molecule has 0 saturated heterocycles. The highest BCUT2D eigenvalue weighted by Crippen LogP contribution is 2.22. The predicted octanol–water partition coefficient (Wildman–Crippen LogP) is 5.43. The second-order valence-corrected chi connectivity index (χ2v) is 7.92.